The van der Waals surface area contributed by atoms with Crippen LogP contribution in [0.3, 0.4) is 0 Å². The number of nitrogens with one attached hydrogen (secondary N) is 2. The van der Waals surface area contributed by atoms with Crippen molar-refractivity contribution in [2.45, 2.75) is 37.3 Å². The quantitative estimate of drug-likeness (QED) is 0.0615. The van der Waals surface area contributed by atoms with E-state index in [2.05, 4.69) is 31.1 Å². The molecule has 6 heterocycles. The number of rotatable bonds is 10. The highest BCUT2D eigenvalue weighted by Gasteiger charge is 2.56. The lowest BCUT2D eigenvalue weighted by molar-refractivity contribution is -0.119. The van der Waals surface area contributed by atoms with Gasteiger partial charge in [-0.05, 0) is 0 Å². The van der Waals surface area contributed by atoms with E-state index < -0.39 is 71.5 Å². The molecule has 2 saturated heterocycles. The SMILES string of the molecule is CN/C(=N\O)[C@@H]1c2c(cnn2CC(N)=O)[C@@H]2CN1C(=O)N2OS(=O)(=O)ON1C(=O)N2C[C@H]1c1cnn(CC(N)=O)c1[C@H]2/C(=N/O)NC. The minimum absolute atomic E-state index is 0.135. The van der Waals surface area contributed by atoms with Crippen LogP contribution in [0.1, 0.15) is 46.7 Å². The van der Waals surface area contributed by atoms with Gasteiger partial charge in [-0.2, -0.15) is 28.7 Å². The fourth-order valence-electron chi connectivity index (χ4n) is 6.27. The standard InChI is InChI=1S/C22H28N14O10S/c1-25-19(29-41)17-15-9(3-27-33(15)7-13(23)37)11-5-31(17)21(39)35(11)45-47(43,44)46-36-12-6-32(22(36)40)18(20(26-2)30-42)16-10(12)4-28-34(16)8-14(24)38/h3-4,11-12,17-18,41-42H,5-8H2,1-2H3,(H2,23,37)(H2,24,38)(H,25,29)(H,26,30)/t11-,12-,17-,18-/m0/s1. The second-order valence-electron chi connectivity index (χ2n) is 10.6. The van der Waals surface area contributed by atoms with E-state index in [1.807, 2.05) is 0 Å². The average molecular weight is 681 g/mol. The number of oxime groups is 2. The maximum absolute atomic E-state index is 13.6. The number of carbonyl (C=O) groups excluding carboxylic acids is 4. The molecule has 0 radical (unpaired) electrons. The summed E-state index contributed by atoms with van der Waals surface area (Å²) in [4.78, 5) is 52.8. The number of fused-ring (bicyclic) bond motifs is 8. The van der Waals surface area contributed by atoms with Crippen LogP contribution in [0.2, 0.25) is 0 Å². The summed E-state index contributed by atoms with van der Waals surface area (Å²) in [5, 5.41) is 40.3. The van der Waals surface area contributed by atoms with E-state index >= 15 is 0 Å². The number of amidine groups is 2. The van der Waals surface area contributed by atoms with Crippen molar-refractivity contribution < 1.29 is 46.6 Å². The summed E-state index contributed by atoms with van der Waals surface area (Å²) in [6.45, 7) is -1.14. The van der Waals surface area contributed by atoms with E-state index in [1.54, 1.807) is 0 Å². The summed E-state index contributed by atoms with van der Waals surface area (Å²) in [7, 11) is -2.42. The number of hydrogen-bond donors (Lipinski definition) is 6. The predicted octanol–water partition coefficient (Wildman–Crippen LogP) is -3.46. The number of amides is 6. The smallest absolute Gasteiger partial charge is 0.409 e. The molecule has 252 valence electrons. The Bertz CT molecular complexity index is 1710. The molecule has 4 aliphatic rings. The Labute approximate surface area is 263 Å². The van der Waals surface area contributed by atoms with Gasteiger partial charge in [-0.25, -0.2) is 9.59 Å². The fraction of sp³-hybridized carbons (Fsp3) is 0.455. The number of hydroxylamine groups is 4. The molecule has 2 fully saturated rings. The first kappa shape index (κ1) is 31.3. The lowest BCUT2D eigenvalue weighted by atomic mass is 9.97. The molecule has 6 amide bonds. The van der Waals surface area contributed by atoms with Crippen LogP contribution in [-0.2, 0) is 41.6 Å². The van der Waals surface area contributed by atoms with Crippen LogP contribution in [0.15, 0.2) is 22.7 Å². The summed E-state index contributed by atoms with van der Waals surface area (Å²) in [5.74, 6) is -1.80. The van der Waals surface area contributed by atoms with E-state index in [0.29, 0.717) is 10.1 Å². The monoisotopic (exact) mass is 680 g/mol. The number of carbonyl (C=O) groups is 4. The molecule has 0 aromatic carbocycles. The molecule has 24 nitrogen and oxygen atoms in total. The molecule has 0 spiro atoms. The Balaban J connectivity index is 1.31. The zero-order valence-corrected chi connectivity index (χ0v) is 25.3. The highest BCUT2D eigenvalue weighted by Crippen LogP contribution is 2.47. The first-order chi connectivity index (χ1) is 22.3. The van der Waals surface area contributed by atoms with Gasteiger partial charge >= 0.3 is 22.5 Å². The number of primary amides is 2. The second kappa shape index (κ2) is 11.3. The third-order valence-corrected chi connectivity index (χ3v) is 8.74. The fourth-order valence-corrected chi connectivity index (χ4v) is 7.02. The normalized spacial score (nSPS) is 23.7. The van der Waals surface area contributed by atoms with Gasteiger partial charge in [0.05, 0.1) is 36.9 Å². The van der Waals surface area contributed by atoms with Gasteiger partial charge in [0, 0.05) is 25.2 Å². The van der Waals surface area contributed by atoms with Crippen LogP contribution < -0.4 is 22.1 Å². The maximum Gasteiger partial charge on any atom is 0.442 e. The number of nitrogens with two attached hydrogens (primary N) is 2. The van der Waals surface area contributed by atoms with Gasteiger partial charge < -0.3 is 42.3 Å². The Morgan fingerprint density at radius 1 is 0.851 bits per heavy atom. The third-order valence-electron chi connectivity index (χ3n) is 8.05. The molecule has 0 unspecified atom stereocenters. The molecular weight excluding hydrogens is 652 g/mol. The van der Waals surface area contributed by atoms with Crippen molar-refractivity contribution in [2.75, 3.05) is 27.2 Å². The van der Waals surface area contributed by atoms with Gasteiger partial charge in [-0.15, -0.1) is 8.57 Å². The maximum atomic E-state index is 13.6. The summed E-state index contributed by atoms with van der Waals surface area (Å²) in [6, 6.07) is -6.51. The molecular formula is C22H28N14O10S. The van der Waals surface area contributed by atoms with Gasteiger partial charge in [0.25, 0.3) is 0 Å². The van der Waals surface area contributed by atoms with Crippen LogP contribution in [0.4, 0.5) is 9.59 Å². The van der Waals surface area contributed by atoms with Crippen molar-refractivity contribution in [2.24, 2.45) is 21.8 Å². The van der Waals surface area contributed by atoms with Crippen molar-refractivity contribution in [3.8, 4) is 0 Å². The molecule has 0 aliphatic carbocycles. The molecule has 6 rings (SSSR count). The topological polar surface area (TPSA) is 311 Å². The minimum Gasteiger partial charge on any atom is -0.409 e. The number of likely N-dealkylation sites (N-methyl/N-ethyl adjacent to an activating group) is 2. The summed E-state index contributed by atoms with van der Waals surface area (Å²) in [5.41, 5.74) is 11.6. The van der Waals surface area contributed by atoms with Crippen LogP contribution in [0.5, 0.6) is 0 Å². The molecule has 4 bridgehead atoms. The molecule has 2 aromatic rings. The van der Waals surface area contributed by atoms with Gasteiger partial charge in [-0.1, -0.05) is 10.3 Å². The number of nitrogens with zero attached hydrogens (tertiary/aromatic N) is 10. The number of aromatic nitrogens is 4. The molecule has 8 N–H and O–H groups in total. The highest BCUT2D eigenvalue weighted by atomic mass is 32.3. The minimum atomic E-state index is -5.26. The van der Waals surface area contributed by atoms with Gasteiger partial charge in [0.2, 0.25) is 11.8 Å². The van der Waals surface area contributed by atoms with Gasteiger partial charge in [-0.3, -0.25) is 19.0 Å². The molecule has 25 heteroatoms. The van der Waals surface area contributed by atoms with Crippen LogP contribution in [-0.4, -0.2) is 121 Å². The van der Waals surface area contributed by atoms with Crippen molar-refractivity contribution in [1.29, 1.82) is 0 Å². The zero-order chi connectivity index (χ0) is 33.9. The molecule has 4 aliphatic heterocycles. The third kappa shape index (κ3) is 4.86. The first-order valence-corrected chi connectivity index (χ1v) is 15.0. The molecule has 4 atom stereocenters. The van der Waals surface area contributed by atoms with E-state index in [-0.39, 0.29) is 47.3 Å². The number of urea groups is 2. The Morgan fingerprint density at radius 2 is 1.23 bits per heavy atom. The Kier molecular flexibility index (Phi) is 7.51. The van der Waals surface area contributed by atoms with Crippen LogP contribution in [0.25, 0.3) is 0 Å². The van der Waals surface area contributed by atoms with E-state index in [1.165, 1.54) is 35.9 Å². The Hall–Kier alpha value is -5.69. The van der Waals surface area contributed by atoms with Crippen LogP contribution >= 0.6 is 0 Å². The molecule has 0 saturated carbocycles. The largest absolute Gasteiger partial charge is 0.442 e. The highest BCUT2D eigenvalue weighted by molar-refractivity contribution is 7.81. The summed E-state index contributed by atoms with van der Waals surface area (Å²) < 4.78 is 39.5. The first-order valence-electron chi connectivity index (χ1n) is 13.7. The molecule has 47 heavy (non-hydrogen) atoms. The number of hydrogen-bond acceptors (Lipinski definition) is 14. The van der Waals surface area contributed by atoms with E-state index in [9.17, 15) is 38.0 Å². The van der Waals surface area contributed by atoms with E-state index in [0.717, 1.165) is 9.80 Å². The summed E-state index contributed by atoms with van der Waals surface area (Å²) in [6.07, 6.45) is 2.57. The van der Waals surface area contributed by atoms with Crippen molar-refractivity contribution >= 4 is 45.9 Å². The molecule has 2 aromatic heterocycles. The lowest BCUT2D eigenvalue weighted by Crippen LogP contribution is -2.44. The predicted molar refractivity (Wildman–Crippen MR) is 149 cm³/mol. The lowest BCUT2D eigenvalue weighted by Gasteiger charge is -2.31. The van der Waals surface area contributed by atoms with Crippen LogP contribution in [0, 0.1) is 0 Å². The van der Waals surface area contributed by atoms with E-state index in [4.69, 9.17) is 20.0 Å². The van der Waals surface area contributed by atoms with Crippen molar-refractivity contribution in [3.05, 3.63) is 34.9 Å². The van der Waals surface area contributed by atoms with Gasteiger partial charge in [0.15, 0.2) is 11.7 Å². The Morgan fingerprint density at radius 3 is 1.55 bits per heavy atom. The van der Waals surface area contributed by atoms with Crippen molar-refractivity contribution in [1.82, 2.24) is 50.1 Å². The summed E-state index contributed by atoms with van der Waals surface area (Å²) >= 11 is 0. The average Bonchev–Trinajstić information content (AvgIpc) is 3.75. The zero-order valence-electron chi connectivity index (χ0n) is 24.5. The second-order valence-corrected chi connectivity index (χ2v) is 11.7. The van der Waals surface area contributed by atoms with Gasteiger partial charge in [0.1, 0.15) is 37.3 Å². The van der Waals surface area contributed by atoms with Crippen molar-refractivity contribution in [3.63, 3.8) is 0 Å².